The van der Waals surface area contributed by atoms with Gasteiger partial charge >= 0.3 is 5.69 Å². The molecule has 0 unspecified atom stereocenters. The number of rotatable bonds is 5. The van der Waals surface area contributed by atoms with Gasteiger partial charge in [-0.1, -0.05) is 0 Å². The maximum atomic E-state index is 12.9. The number of nitrogens with zero attached hydrogens (tertiary/aromatic N) is 1. The molecule has 1 atom stereocenters. The summed E-state index contributed by atoms with van der Waals surface area (Å²) in [6.45, 7) is 1.72. The Morgan fingerprint density at radius 2 is 2.15 bits per heavy atom. The zero-order valence-corrected chi connectivity index (χ0v) is 15.5. The number of sulfonamides is 1. The Hall–Kier alpha value is -2.66. The topological polar surface area (TPSA) is 145 Å². The number of furan rings is 1. The van der Waals surface area contributed by atoms with E-state index in [1.54, 1.807) is 12.1 Å². The van der Waals surface area contributed by atoms with Crippen molar-refractivity contribution >= 4 is 15.9 Å². The van der Waals surface area contributed by atoms with Gasteiger partial charge in [-0.15, -0.1) is 0 Å². The number of carbonyl (C=O) groups is 1. The first-order valence-corrected chi connectivity index (χ1v) is 9.86. The molecule has 27 heavy (non-hydrogen) atoms. The van der Waals surface area contributed by atoms with Crippen molar-refractivity contribution in [2.45, 2.75) is 31.2 Å². The molecule has 2 aromatic rings. The van der Waals surface area contributed by atoms with E-state index >= 15 is 0 Å². The van der Waals surface area contributed by atoms with Crippen LogP contribution < -0.4 is 16.6 Å². The molecule has 1 aliphatic heterocycles. The van der Waals surface area contributed by atoms with E-state index in [4.69, 9.17) is 4.42 Å². The van der Waals surface area contributed by atoms with Crippen LogP contribution in [-0.4, -0.2) is 41.7 Å². The van der Waals surface area contributed by atoms with Crippen molar-refractivity contribution in [1.29, 1.82) is 0 Å². The molecule has 0 bridgehead atoms. The Bertz CT molecular complexity index is 1040. The second-order valence-electron chi connectivity index (χ2n) is 6.36. The Labute approximate surface area is 154 Å². The van der Waals surface area contributed by atoms with Crippen molar-refractivity contribution in [2.75, 3.05) is 13.1 Å². The molecule has 1 aliphatic rings. The quantitative estimate of drug-likeness (QED) is 0.632. The van der Waals surface area contributed by atoms with Crippen molar-refractivity contribution in [2.24, 2.45) is 5.92 Å². The first-order valence-electron chi connectivity index (χ1n) is 8.42. The van der Waals surface area contributed by atoms with Crippen LogP contribution in [0.1, 0.15) is 24.3 Å². The minimum atomic E-state index is -4.14. The van der Waals surface area contributed by atoms with E-state index in [0.717, 1.165) is 4.31 Å². The summed E-state index contributed by atoms with van der Waals surface area (Å²) in [7, 11) is -4.14. The number of hydrogen-bond donors (Lipinski definition) is 3. The lowest BCUT2D eigenvalue weighted by molar-refractivity contribution is -0.126. The largest absolute Gasteiger partial charge is 0.467 e. The maximum Gasteiger partial charge on any atom is 0.325 e. The zero-order chi connectivity index (χ0) is 19.6. The summed E-state index contributed by atoms with van der Waals surface area (Å²) in [5.74, 6) is -0.219. The molecule has 0 radical (unpaired) electrons. The van der Waals surface area contributed by atoms with E-state index in [0.29, 0.717) is 18.6 Å². The molecule has 0 aromatic carbocycles. The normalized spacial score (nSPS) is 18.3. The van der Waals surface area contributed by atoms with Crippen molar-refractivity contribution in [3.05, 3.63) is 50.7 Å². The Balaban J connectivity index is 1.76. The highest BCUT2D eigenvalue weighted by Gasteiger charge is 2.35. The number of amides is 1. The summed E-state index contributed by atoms with van der Waals surface area (Å²) in [5.41, 5.74) is -1.78. The SMILES string of the molecule is Cc1[nH]c(=O)[nH]c(=O)c1S(=O)(=O)N1CCC[C@@H](C(=O)NCc2ccco2)C1. The molecule has 0 aliphatic carbocycles. The molecular weight excluding hydrogens is 376 g/mol. The summed E-state index contributed by atoms with van der Waals surface area (Å²) in [6.07, 6.45) is 2.52. The van der Waals surface area contributed by atoms with Crippen LogP contribution in [0.25, 0.3) is 0 Å². The number of piperidine rings is 1. The molecule has 1 amide bonds. The molecule has 11 heteroatoms. The van der Waals surface area contributed by atoms with Gasteiger partial charge in [0.25, 0.3) is 5.56 Å². The summed E-state index contributed by atoms with van der Waals surface area (Å²) in [4.78, 5) is 39.4. The Morgan fingerprint density at radius 3 is 2.81 bits per heavy atom. The smallest absolute Gasteiger partial charge is 0.325 e. The highest BCUT2D eigenvalue weighted by atomic mass is 32.2. The maximum absolute atomic E-state index is 12.9. The third-order valence-electron chi connectivity index (χ3n) is 4.44. The molecule has 3 rings (SSSR count). The second kappa shape index (κ2) is 7.53. The molecule has 0 saturated carbocycles. The van der Waals surface area contributed by atoms with E-state index in [9.17, 15) is 22.8 Å². The molecule has 10 nitrogen and oxygen atoms in total. The number of nitrogens with one attached hydrogen (secondary N) is 3. The van der Waals surface area contributed by atoms with Gasteiger partial charge in [-0.2, -0.15) is 4.31 Å². The second-order valence-corrected chi connectivity index (χ2v) is 8.24. The van der Waals surface area contributed by atoms with Crippen LogP contribution in [0, 0.1) is 12.8 Å². The predicted octanol–water partition coefficient (Wildman–Crippen LogP) is -0.318. The fourth-order valence-electron chi connectivity index (χ4n) is 3.13. The van der Waals surface area contributed by atoms with E-state index in [1.807, 2.05) is 4.98 Å². The molecule has 3 N–H and O–H groups in total. The number of aromatic amines is 2. The Morgan fingerprint density at radius 1 is 1.37 bits per heavy atom. The lowest BCUT2D eigenvalue weighted by Crippen LogP contribution is -2.46. The minimum absolute atomic E-state index is 0.0341. The summed E-state index contributed by atoms with van der Waals surface area (Å²) < 4.78 is 32.0. The molecule has 3 heterocycles. The highest BCUT2D eigenvalue weighted by molar-refractivity contribution is 7.89. The van der Waals surface area contributed by atoms with Crippen molar-refractivity contribution in [3.8, 4) is 0 Å². The first-order chi connectivity index (χ1) is 12.8. The lowest BCUT2D eigenvalue weighted by Gasteiger charge is -2.31. The van der Waals surface area contributed by atoms with Gasteiger partial charge < -0.3 is 14.7 Å². The summed E-state index contributed by atoms with van der Waals surface area (Å²) in [6, 6.07) is 3.43. The van der Waals surface area contributed by atoms with Crippen LogP contribution in [0.2, 0.25) is 0 Å². The fraction of sp³-hybridized carbons (Fsp3) is 0.438. The third-order valence-corrected chi connectivity index (χ3v) is 6.46. The van der Waals surface area contributed by atoms with Crippen LogP contribution in [0.3, 0.4) is 0 Å². The van der Waals surface area contributed by atoms with Crippen LogP contribution in [0.15, 0.2) is 37.3 Å². The van der Waals surface area contributed by atoms with Crippen LogP contribution in [-0.2, 0) is 21.4 Å². The van der Waals surface area contributed by atoms with Gasteiger partial charge in [0.15, 0.2) is 4.90 Å². The number of aryl methyl sites for hydroxylation is 1. The number of aromatic nitrogens is 2. The fourth-order valence-corrected chi connectivity index (χ4v) is 4.86. The van der Waals surface area contributed by atoms with Crippen molar-refractivity contribution < 1.29 is 17.6 Å². The van der Waals surface area contributed by atoms with Gasteiger partial charge in [-0.25, -0.2) is 13.2 Å². The number of carbonyl (C=O) groups excluding carboxylic acids is 1. The van der Waals surface area contributed by atoms with Crippen LogP contribution in [0.4, 0.5) is 0 Å². The Kier molecular flexibility index (Phi) is 5.33. The van der Waals surface area contributed by atoms with Gasteiger partial charge in [0.05, 0.1) is 18.7 Å². The first kappa shape index (κ1) is 19.1. The average Bonchev–Trinajstić information content (AvgIpc) is 3.12. The van der Waals surface area contributed by atoms with E-state index in [1.165, 1.54) is 13.2 Å². The highest BCUT2D eigenvalue weighted by Crippen LogP contribution is 2.23. The zero-order valence-electron chi connectivity index (χ0n) is 14.6. The van der Waals surface area contributed by atoms with Crippen molar-refractivity contribution in [3.63, 3.8) is 0 Å². The van der Waals surface area contributed by atoms with E-state index < -0.39 is 32.1 Å². The van der Waals surface area contributed by atoms with Gasteiger partial charge in [0, 0.05) is 18.8 Å². The van der Waals surface area contributed by atoms with E-state index in [2.05, 4.69) is 10.3 Å². The van der Waals surface area contributed by atoms with Gasteiger partial charge in [0.1, 0.15) is 5.76 Å². The van der Waals surface area contributed by atoms with Gasteiger partial charge in [-0.05, 0) is 31.9 Å². The molecule has 1 fully saturated rings. The molecule has 2 aromatic heterocycles. The van der Waals surface area contributed by atoms with Gasteiger partial charge in [0.2, 0.25) is 15.9 Å². The summed E-state index contributed by atoms with van der Waals surface area (Å²) >= 11 is 0. The van der Waals surface area contributed by atoms with Crippen LogP contribution >= 0.6 is 0 Å². The minimum Gasteiger partial charge on any atom is -0.467 e. The average molecular weight is 396 g/mol. The standard InChI is InChI=1S/C16H20N4O6S/c1-10-13(15(22)19-16(23)18-10)27(24,25)20-6-2-4-11(9-20)14(21)17-8-12-5-3-7-26-12/h3,5,7,11H,2,4,6,8-9H2,1H3,(H,17,21)(H2,18,19,22,23)/t11-/m1/s1. The van der Waals surface area contributed by atoms with Crippen molar-refractivity contribution in [1.82, 2.24) is 19.6 Å². The van der Waals surface area contributed by atoms with Gasteiger partial charge in [-0.3, -0.25) is 14.6 Å². The van der Waals surface area contributed by atoms with E-state index in [-0.39, 0.29) is 31.2 Å². The number of H-pyrrole nitrogens is 2. The third kappa shape index (κ3) is 4.03. The summed E-state index contributed by atoms with van der Waals surface area (Å²) in [5, 5.41) is 2.73. The number of hydrogen-bond acceptors (Lipinski definition) is 6. The molecule has 0 spiro atoms. The molecule has 146 valence electrons. The predicted molar refractivity (Wildman–Crippen MR) is 94.5 cm³/mol. The molecule has 1 saturated heterocycles. The lowest BCUT2D eigenvalue weighted by atomic mass is 9.99. The van der Waals surface area contributed by atoms with Crippen LogP contribution in [0.5, 0.6) is 0 Å². The molecular formula is C16H20N4O6S. The monoisotopic (exact) mass is 396 g/mol.